The standard InChI is InChI=1S/C14H21ClN2O2S2/c1-2-20-13-5-3-4-12(8-13)17-21(18,19)10-11-6-7-14(15)16-9-11/h6-7,9,12-13,17H,2-5,8,10H2,1H3/t12-,13-/m0/s1. The predicted molar refractivity (Wildman–Crippen MR) is 89.2 cm³/mol. The SMILES string of the molecule is CCS[C@H]1CCC[C@H](NS(=O)(=O)Cc2ccc(Cl)nc2)C1. The van der Waals surface area contributed by atoms with Crippen molar-refractivity contribution in [3.05, 3.63) is 29.0 Å². The molecule has 2 rings (SSSR count). The van der Waals surface area contributed by atoms with Crippen molar-refractivity contribution in [3.8, 4) is 0 Å². The van der Waals surface area contributed by atoms with Gasteiger partial charge in [0.05, 0.1) is 5.75 Å². The minimum Gasteiger partial charge on any atom is -0.244 e. The third-order valence-corrected chi connectivity index (χ3v) is 6.38. The minimum absolute atomic E-state index is 0.0424. The second kappa shape index (κ2) is 7.81. The Morgan fingerprint density at radius 1 is 1.43 bits per heavy atom. The normalized spacial score (nSPS) is 23.1. The average Bonchev–Trinajstić information content (AvgIpc) is 2.41. The van der Waals surface area contributed by atoms with Crippen LogP contribution in [0.4, 0.5) is 0 Å². The number of thioether (sulfide) groups is 1. The van der Waals surface area contributed by atoms with Crippen LogP contribution in [0.5, 0.6) is 0 Å². The van der Waals surface area contributed by atoms with Crippen LogP contribution in [-0.2, 0) is 15.8 Å². The van der Waals surface area contributed by atoms with Gasteiger partial charge in [-0.05, 0) is 36.6 Å². The zero-order chi connectivity index (χ0) is 15.3. The molecule has 0 bridgehead atoms. The Bertz CT molecular complexity index is 547. The molecule has 0 spiro atoms. The second-order valence-electron chi connectivity index (χ2n) is 5.31. The van der Waals surface area contributed by atoms with Crippen LogP contribution in [0.25, 0.3) is 0 Å². The summed E-state index contributed by atoms with van der Waals surface area (Å²) >= 11 is 7.63. The van der Waals surface area contributed by atoms with Crippen LogP contribution >= 0.6 is 23.4 Å². The number of sulfonamides is 1. The van der Waals surface area contributed by atoms with Gasteiger partial charge in [-0.25, -0.2) is 18.1 Å². The molecule has 1 heterocycles. The van der Waals surface area contributed by atoms with Gasteiger partial charge in [-0.2, -0.15) is 11.8 Å². The number of pyridine rings is 1. The molecule has 0 aliphatic heterocycles. The third kappa shape index (κ3) is 5.77. The molecule has 1 saturated carbocycles. The molecule has 0 unspecified atom stereocenters. The van der Waals surface area contributed by atoms with Crippen molar-refractivity contribution in [1.29, 1.82) is 0 Å². The summed E-state index contributed by atoms with van der Waals surface area (Å²) in [5.41, 5.74) is 0.655. The van der Waals surface area contributed by atoms with E-state index in [2.05, 4.69) is 16.6 Å². The van der Waals surface area contributed by atoms with Gasteiger partial charge in [-0.1, -0.05) is 31.0 Å². The highest BCUT2D eigenvalue weighted by atomic mass is 35.5. The molecular weight excluding hydrogens is 328 g/mol. The monoisotopic (exact) mass is 348 g/mol. The van der Waals surface area contributed by atoms with Gasteiger partial charge in [0.15, 0.2) is 0 Å². The molecule has 0 amide bonds. The van der Waals surface area contributed by atoms with Gasteiger partial charge in [-0.3, -0.25) is 0 Å². The predicted octanol–water partition coefficient (Wildman–Crippen LogP) is 3.22. The number of hydrogen-bond donors (Lipinski definition) is 1. The van der Waals surface area contributed by atoms with Gasteiger partial charge in [0.25, 0.3) is 0 Å². The van der Waals surface area contributed by atoms with Crippen molar-refractivity contribution in [2.24, 2.45) is 0 Å². The van der Waals surface area contributed by atoms with Crippen LogP contribution in [0.3, 0.4) is 0 Å². The van der Waals surface area contributed by atoms with Crippen LogP contribution in [0.1, 0.15) is 38.2 Å². The van der Waals surface area contributed by atoms with Gasteiger partial charge in [0.1, 0.15) is 5.15 Å². The largest absolute Gasteiger partial charge is 0.244 e. The van der Waals surface area contributed by atoms with Crippen molar-refractivity contribution in [1.82, 2.24) is 9.71 Å². The maximum atomic E-state index is 12.2. The molecule has 1 aliphatic rings. The Labute approximate surface area is 136 Å². The molecule has 1 aromatic rings. The Kier molecular flexibility index (Phi) is 6.34. The van der Waals surface area contributed by atoms with Crippen molar-refractivity contribution in [2.75, 3.05) is 5.75 Å². The van der Waals surface area contributed by atoms with Crippen molar-refractivity contribution >= 4 is 33.4 Å². The van der Waals surface area contributed by atoms with E-state index in [9.17, 15) is 8.42 Å². The lowest BCUT2D eigenvalue weighted by atomic mass is 9.96. The highest BCUT2D eigenvalue weighted by Gasteiger charge is 2.25. The van der Waals surface area contributed by atoms with Gasteiger partial charge in [0.2, 0.25) is 10.0 Å². The summed E-state index contributed by atoms with van der Waals surface area (Å²) in [7, 11) is -3.33. The fraction of sp³-hybridized carbons (Fsp3) is 0.643. The van der Waals surface area contributed by atoms with Crippen molar-refractivity contribution < 1.29 is 8.42 Å². The fourth-order valence-corrected chi connectivity index (χ4v) is 5.35. The number of nitrogens with one attached hydrogen (secondary N) is 1. The number of aromatic nitrogens is 1. The van der Waals surface area contributed by atoms with Crippen LogP contribution in [0, 0.1) is 0 Å². The molecule has 1 fully saturated rings. The van der Waals surface area contributed by atoms with E-state index in [0.717, 1.165) is 25.0 Å². The number of rotatable bonds is 6. The molecule has 0 radical (unpaired) electrons. The topological polar surface area (TPSA) is 59.1 Å². The molecule has 0 saturated heterocycles. The van der Waals surface area contributed by atoms with Crippen LogP contribution in [0.2, 0.25) is 5.15 Å². The van der Waals surface area contributed by atoms with Gasteiger partial charge in [-0.15, -0.1) is 0 Å². The summed E-state index contributed by atoms with van der Waals surface area (Å²) in [6.07, 6.45) is 5.65. The third-order valence-electron chi connectivity index (χ3n) is 3.52. The van der Waals surface area contributed by atoms with E-state index in [4.69, 9.17) is 11.6 Å². The van der Waals surface area contributed by atoms with Gasteiger partial charge >= 0.3 is 0 Å². The number of halogens is 1. The molecule has 118 valence electrons. The van der Waals surface area contributed by atoms with Crippen LogP contribution < -0.4 is 4.72 Å². The summed E-state index contributed by atoms with van der Waals surface area (Å²) in [4.78, 5) is 3.92. The molecule has 0 aromatic carbocycles. The molecular formula is C14H21ClN2O2S2. The Balaban J connectivity index is 1.92. The summed E-state index contributed by atoms with van der Waals surface area (Å²) in [6, 6.07) is 3.37. The minimum atomic E-state index is -3.33. The van der Waals surface area contributed by atoms with Crippen LogP contribution in [-0.4, -0.2) is 30.4 Å². The first kappa shape index (κ1) is 17.1. The molecule has 1 N–H and O–H groups in total. The first-order valence-corrected chi connectivity index (χ1v) is 10.3. The second-order valence-corrected chi connectivity index (χ2v) is 9.03. The number of hydrogen-bond acceptors (Lipinski definition) is 4. The highest BCUT2D eigenvalue weighted by Crippen LogP contribution is 2.28. The molecule has 21 heavy (non-hydrogen) atoms. The summed E-state index contributed by atoms with van der Waals surface area (Å²) in [6.45, 7) is 2.14. The van der Waals surface area contributed by atoms with Gasteiger partial charge < -0.3 is 0 Å². The van der Waals surface area contributed by atoms with E-state index >= 15 is 0 Å². The maximum absolute atomic E-state index is 12.2. The van der Waals surface area contributed by atoms with Gasteiger partial charge in [0, 0.05) is 17.5 Å². The number of nitrogens with zero attached hydrogens (tertiary/aromatic N) is 1. The van der Waals surface area contributed by atoms with E-state index in [0.29, 0.717) is 16.0 Å². The first-order valence-electron chi connectivity index (χ1n) is 7.20. The van der Waals surface area contributed by atoms with E-state index < -0.39 is 10.0 Å². The lowest BCUT2D eigenvalue weighted by Crippen LogP contribution is -2.39. The highest BCUT2D eigenvalue weighted by molar-refractivity contribution is 7.99. The molecule has 1 aromatic heterocycles. The lowest BCUT2D eigenvalue weighted by Gasteiger charge is -2.29. The zero-order valence-corrected chi connectivity index (χ0v) is 14.5. The smallest absolute Gasteiger partial charge is 0.216 e. The molecule has 4 nitrogen and oxygen atoms in total. The summed E-state index contributed by atoms with van der Waals surface area (Å²) < 4.78 is 27.3. The summed E-state index contributed by atoms with van der Waals surface area (Å²) in [5.74, 6) is 1.04. The fourth-order valence-electron chi connectivity index (χ4n) is 2.65. The molecule has 2 atom stereocenters. The molecule has 1 aliphatic carbocycles. The van der Waals surface area contributed by atoms with Crippen LogP contribution in [0.15, 0.2) is 18.3 Å². The first-order chi connectivity index (χ1) is 9.98. The van der Waals surface area contributed by atoms with E-state index in [1.54, 1.807) is 12.1 Å². The van der Waals surface area contributed by atoms with Crippen molar-refractivity contribution in [3.63, 3.8) is 0 Å². The Morgan fingerprint density at radius 3 is 2.90 bits per heavy atom. The Morgan fingerprint density at radius 2 is 2.24 bits per heavy atom. The molecule has 7 heteroatoms. The average molecular weight is 349 g/mol. The maximum Gasteiger partial charge on any atom is 0.216 e. The van der Waals surface area contributed by atoms with Crippen molar-refractivity contribution in [2.45, 2.75) is 49.7 Å². The summed E-state index contributed by atoms with van der Waals surface area (Å²) in [5, 5.41) is 0.949. The Hall–Kier alpha value is -0.300. The van der Waals surface area contributed by atoms with E-state index in [1.807, 2.05) is 11.8 Å². The van der Waals surface area contributed by atoms with E-state index in [-0.39, 0.29) is 11.8 Å². The van der Waals surface area contributed by atoms with E-state index in [1.165, 1.54) is 12.6 Å². The zero-order valence-electron chi connectivity index (χ0n) is 12.1. The quantitative estimate of drug-likeness (QED) is 0.802. The lowest BCUT2D eigenvalue weighted by molar-refractivity contribution is 0.420.